The Morgan fingerprint density at radius 3 is 2.78 bits per heavy atom. The number of rotatable bonds is 6. The minimum atomic E-state index is -0.367. The molecular weight excluding hydrogens is 380 g/mol. The van der Waals surface area contributed by atoms with Crippen LogP contribution in [0.1, 0.15) is 22.8 Å². The van der Waals surface area contributed by atoms with Crippen molar-refractivity contribution in [1.82, 2.24) is 15.1 Å². The third-order valence-electron chi connectivity index (χ3n) is 3.72. The summed E-state index contributed by atoms with van der Waals surface area (Å²) in [6.45, 7) is 2.65. The number of nitrogens with zero attached hydrogens (tertiary/aromatic N) is 2. The number of esters is 1. The van der Waals surface area contributed by atoms with Crippen molar-refractivity contribution in [1.29, 1.82) is 0 Å². The second-order valence-electron chi connectivity index (χ2n) is 5.77. The van der Waals surface area contributed by atoms with E-state index < -0.39 is 0 Å². The summed E-state index contributed by atoms with van der Waals surface area (Å²) < 4.78 is 6.92. The van der Waals surface area contributed by atoms with Gasteiger partial charge in [0.25, 0.3) is 0 Å². The lowest BCUT2D eigenvalue weighted by atomic mass is 10.1. The van der Waals surface area contributed by atoms with Crippen LogP contribution in [-0.4, -0.2) is 27.5 Å². The molecule has 2 heterocycles. The lowest BCUT2D eigenvalue weighted by Gasteiger charge is -2.09. The van der Waals surface area contributed by atoms with Crippen molar-refractivity contribution in [2.75, 3.05) is 11.9 Å². The van der Waals surface area contributed by atoms with E-state index in [4.69, 9.17) is 17.0 Å². The molecule has 0 saturated heterocycles. The standard InChI is InChI=1S/C19H20N4O2S2/c1-3-25-18(24)15-9-16(14-7-5-4-6-8-14)27-17(15)22-19(26)20-10-13-11-21-23(2)12-13/h4-9,11-12H,3,10H2,1-2H3,(H2,20,22,26). The lowest BCUT2D eigenvalue weighted by molar-refractivity contribution is 0.0528. The van der Waals surface area contributed by atoms with Gasteiger partial charge in [-0.2, -0.15) is 5.10 Å². The molecule has 0 aliphatic heterocycles. The topological polar surface area (TPSA) is 68.2 Å². The van der Waals surface area contributed by atoms with Crippen LogP contribution in [0.4, 0.5) is 5.00 Å². The lowest BCUT2D eigenvalue weighted by Crippen LogP contribution is -2.28. The fourth-order valence-corrected chi connectivity index (χ4v) is 3.78. The molecule has 0 saturated carbocycles. The molecule has 0 unspecified atom stereocenters. The molecule has 3 aromatic rings. The smallest absolute Gasteiger partial charge is 0.341 e. The van der Waals surface area contributed by atoms with Crippen molar-refractivity contribution in [3.8, 4) is 10.4 Å². The summed E-state index contributed by atoms with van der Waals surface area (Å²) in [5.41, 5.74) is 2.53. The first-order valence-corrected chi connectivity index (χ1v) is 9.68. The van der Waals surface area contributed by atoms with Crippen molar-refractivity contribution in [3.63, 3.8) is 0 Å². The van der Waals surface area contributed by atoms with Crippen LogP contribution in [0.25, 0.3) is 10.4 Å². The summed E-state index contributed by atoms with van der Waals surface area (Å²) >= 11 is 6.85. The summed E-state index contributed by atoms with van der Waals surface area (Å²) in [6.07, 6.45) is 3.69. The molecule has 0 aliphatic carbocycles. The van der Waals surface area contributed by atoms with E-state index in [0.717, 1.165) is 16.0 Å². The molecule has 6 nitrogen and oxygen atoms in total. The molecule has 0 amide bonds. The largest absolute Gasteiger partial charge is 0.462 e. The molecule has 0 atom stereocenters. The van der Waals surface area contributed by atoms with E-state index in [0.29, 0.717) is 28.8 Å². The van der Waals surface area contributed by atoms with Gasteiger partial charge in [0.15, 0.2) is 5.11 Å². The Bertz CT molecular complexity index is 934. The third-order valence-corrected chi connectivity index (χ3v) is 5.07. The molecule has 3 rings (SSSR count). The third kappa shape index (κ3) is 4.93. The minimum absolute atomic E-state index is 0.318. The average Bonchev–Trinajstić information content (AvgIpc) is 3.27. The second-order valence-corrected chi connectivity index (χ2v) is 7.23. The summed E-state index contributed by atoms with van der Waals surface area (Å²) in [5, 5.41) is 11.5. The van der Waals surface area contributed by atoms with E-state index in [9.17, 15) is 4.79 Å². The van der Waals surface area contributed by atoms with Gasteiger partial charge in [-0.1, -0.05) is 30.3 Å². The van der Waals surface area contributed by atoms with E-state index in [-0.39, 0.29) is 5.97 Å². The van der Waals surface area contributed by atoms with E-state index in [1.54, 1.807) is 17.8 Å². The molecular formula is C19H20N4O2S2. The minimum Gasteiger partial charge on any atom is -0.462 e. The Balaban J connectivity index is 1.76. The summed E-state index contributed by atoms with van der Waals surface area (Å²) in [6, 6.07) is 11.7. The maximum Gasteiger partial charge on any atom is 0.341 e. The number of ether oxygens (including phenoxy) is 1. The van der Waals surface area contributed by atoms with Gasteiger partial charge in [-0.15, -0.1) is 11.3 Å². The first-order valence-electron chi connectivity index (χ1n) is 8.45. The molecule has 8 heteroatoms. The molecule has 0 spiro atoms. The highest BCUT2D eigenvalue weighted by Crippen LogP contribution is 2.35. The predicted octanol–water partition coefficient (Wildman–Crippen LogP) is 3.81. The van der Waals surface area contributed by atoms with Gasteiger partial charge in [-0.3, -0.25) is 4.68 Å². The van der Waals surface area contributed by atoms with Crippen LogP contribution in [0.15, 0.2) is 48.8 Å². The van der Waals surface area contributed by atoms with Crippen molar-refractivity contribution >= 4 is 39.6 Å². The van der Waals surface area contributed by atoms with Gasteiger partial charge in [-0.25, -0.2) is 4.79 Å². The second kappa shape index (κ2) is 8.79. The SMILES string of the molecule is CCOC(=O)c1cc(-c2ccccc2)sc1NC(=S)NCc1cnn(C)c1. The Labute approximate surface area is 167 Å². The number of carbonyl (C=O) groups is 1. The van der Waals surface area contributed by atoms with E-state index >= 15 is 0 Å². The average molecular weight is 401 g/mol. The number of nitrogens with one attached hydrogen (secondary N) is 2. The first kappa shape index (κ1) is 19.1. The van der Waals surface area contributed by atoms with Crippen LogP contribution in [0.2, 0.25) is 0 Å². The van der Waals surface area contributed by atoms with E-state index in [2.05, 4.69) is 15.7 Å². The quantitative estimate of drug-likeness (QED) is 0.484. The summed E-state index contributed by atoms with van der Waals surface area (Å²) in [5.74, 6) is -0.367. The van der Waals surface area contributed by atoms with Gasteiger partial charge < -0.3 is 15.4 Å². The normalized spacial score (nSPS) is 10.4. The van der Waals surface area contributed by atoms with Crippen molar-refractivity contribution in [2.24, 2.45) is 7.05 Å². The Morgan fingerprint density at radius 1 is 1.33 bits per heavy atom. The van der Waals surface area contributed by atoms with Crippen LogP contribution in [0, 0.1) is 0 Å². The molecule has 0 fully saturated rings. The zero-order chi connectivity index (χ0) is 19.2. The maximum atomic E-state index is 12.3. The number of thiophene rings is 1. The van der Waals surface area contributed by atoms with Crippen LogP contribution in [-0.2, 0) is 18.3 Å². The van der Waals surface area contributed by atoms with Crippen LogP contribution < -0.4 is 10.6 Å². The van der Waals surface area contributed by atoms with Crippen LogP contribution >= 0.6 is 23.6 Å². The van der Waals surface area contributed by atoms with Gasteiger partial charge >= 0.3 is 5.97 Å². The number of anilines is 1. The molecule has 1 aromatic carbocycles. The van der Waals surface area contributed by atoms with Crippen molar-refractivity contribution < 1.29 is 9.53 Å². The van der Waals surface area contributed by atoms with Crippen molar-refractivity contribution in [3.05, 3.63) is 59.9 Å². The molecule has 0 bridgehead atoms. The Hall–Kier alpha value is -2.71. The van der Waals surface area contributed by atoms with Gasteiger partial charge in [0.2, 0.25) is 0 Å². The van der Waals surface area contributed by atoms with Gasteiger partial charge in [-0.05, 0) is 30.8 Å². The van der Waals surface area contributed by atoms with Gasteiger partial charge in [0.05, 0.1) is 18.4 Å². The van der Waals surface area contributed by atoms with Crippen LogP contribution in [0.3, 0.4) is 0 Å². The highest BCUT2D eigenvalue weighted by Gasteiger charge is 2.19. The fourth-order valence-electron chi connectivity index (χ4n) is 2.48. The molecule has 140 valence electrons. The Morgan fingerprint density at radius 2 is 2.11 bits per heavy atom. The molecule has 0 radical (unpaired) electrons. The Kier molecular flexibility index (Phi) is 6.20. The number of aromatic nitrogens is 2. The summed E-state index contributed by atoms with van der Waals surface area (Å²) in [4.78, 5) is 13.3. The molecule has 27 heavy (non-hydrogen) atoms. The summed E-state index contributed by atoms with van der Waals surface area (Å²) in [7, 11) is 1.86. The number of thiocarbonyl (C=S) groups is 1. The highest BCUT2D eigenvalue weighted by molar-refractivity contribution is 7.80. The fraction of sp³-hybridized carbons (Fsp3) is 0.211. The van der Waals surface area contributed by atoms with E-state index in [1.807, 2.05) is 49.6 Å². The number of benzene rings is 1. The van der Waals surface area contributed by atoms with E-state index in [1.165, 1.54) is 11.3 Å². The monoisotopic (exact) mass is 400 g/mol. The number of hydrogen-bond acceptors (Lipinski definition) is 5. The molecule has 2 N–H and O–H groups in total. The van der Waals surface area contributed by atoms with Gasteiger partial charge in [0, 0.05) is 30.2 Å². The predicted molar refractivity (Wildman–Crippen MR) is 112 cm³/mol. The zero-order valence-electron chi connectivity index (χ0n) is 15.1. The molecule has 2 aromatic heterocycles. The number of carbonyl (C=O) groups excluding carboxylic acids is 1. The molecule has 0 aliphatic rings. The highest BCUT2D eigenvalue weighted by atomic mass is 32.1. The number of aryl methyl sites for hydroxylation is 1. The zero-order valence-corrected chi connectivity index (χ0v) is 16.7. The number of hydrogen-bond donors (Lipinski definition) is 2. The first-order chi connectivity index (χ1) is 13.1. The maximum absolute atomic E-state index is 12.3. The van der Waals surface area contributed by atoms with Gasteiger partial charge in [0.1, 0.15) is 5.00 Å². The van der Waals surface area contributed by atoms with Crippen molar-refractivity contribution in [2.45, 2.75) is 13.5 Å². The van der Waals surface area contributed by atoms with Crippen LogP contribution in [0.5, 0.6) is 0 Å².